The Hall–Kier alpha value is -2.14. The largest absolute Gasteiger partial charge is 0.393 e. The molecule has 0 radical (unpaired) electrons. The van der Waals surface area contributed by atoms with Crippen LogP contribution in [0.4, 0.5) is 0 Å². The molecule has 2 unspecified atom stereocenters. The number of rotatable bonds is 3. The molecular weight excluding hydrogens is 290 g/mol. The van der Waals surface area contributed by atoms with Crippen LogP contribution >= 0.6 is 0 Å². The number of benzene rings is 1. The maximum atomic E-state index is 12.7. The molecule has 23 heavy (non-hydrogen) atoms. The number of para-hydroxylation sites is 1. The monoisotopic (exact) mass is 313 g/mol. The van der Waals surface area contributed by atoms with E-state index < -0.39 is 0 Å². The quantitative estimate of drug-likeness (QED) is 0.946. The summed E-state index contributed by atoms with van der Waals surface area (Å²) in [6.07, 6.45) is 4.95. The minimum Gasteiger partial charge on any atom is -0.393 e. The number of piperidine rings is 1. The molecule has 0 aliphatic carbocycles. The number of amides is 1. The summed E-state index contributed by atoms with van der Waals surface area (Å²) in [4.78, 5) is 14.5. The van der Waals surface area contributed by atoms with Gasteiger partial charge in [0.1, 0.15) is 0 Å². The summed E-state index contributed by atoms with van der Waals surface area (Å²) in [5.74, 6) is 0.161. The molecule has 1 aliphatic rings. The number of nitrogens with zero attached hydrogens (tertiary/aromatic N) is 3. The minimum atomic E-state index is -0.375. The Morgan fingerprint density at radius 3 is 2.91 bits per heavy atom. The lowest BCUT2D eigenvalue weighted by Crippen LogP contribution is -2.42. The number of aryl methyl sites for hydroxylation is 1. The number of hydrogen-bond donors (Lipinski definition) is 1. The van der Waals surface area contributed by atoms with E-state index in [-0.39, 0.29) is 17.9 Å². The number of aliphatic hydroxyl groups excluding tert-OH is 1. The Labute approximate surface area is 136 Å². The lowest BCUT2D eigenvalue weighted by molar-refractivity contribution is 0.0466. The molecule has 2 heterocycles. The Kier molecular flexibility index (Phi) is 4.48. The zero-order chi connectivity index (χ0) is 16.4. The van der Waals surface area contributed by atoms with E-state index in [1.165, 1.54) is 0 Å². The maximum Gasteiger partial charge on any atom is 0.257 e. The molecule has 0 bridgehead atoms. The number of aliphatic hydroxyl groups is 1. The second kappa shape index (κ2) is 6.54. The number of hydrogen-bond acceptors (Lipinski definition) is 3. The molecular formula is C18H23N3O2. The average molecular weight is 313 g/mol. The molecule has 5 heteroatoms. The van der Waals surface area contributed by atoms with Crippen molar-refractivity contribution in [1.29, 1.82) is 0 Å². The second-order valence-electron chi connectivity index (χ2n) is 6.35. The summed E-state index contributed by atoms with van der Waals surface area (Å²) in [6, 6.07) is 7.96. The number of carbonyl (C=O) groups excluding carboxylic acids is 1. The summed E-state index contributed by atoms with van der Waals surface area (Å²) in [5.41, 5.74) is 2.69. The fraction of sp³-hybridized carbons (Fsp3) is 0.444. The second-order valence-corrected chi connectivity index (χ2v) is 6.35. The van der Waals surface area contributed by atoms with E-state index in [1.807, 2.05) is 36.1 Å². The Morgan fingerprint density at radius 1 is 1.39 bits per heavy atom. The fourth-order valence-electron chi connectivity index (χ4n) is 3.16. The van der Waals surface area contributed by atoms with Gasteiger partial charge in [-0.15, -0.1) is 0 Å². The van der Waals surface area contributed by atoms with Crippen molar-refractivity contribution in [3.63, 3.8) is 0 Å². The van der Waals surface area contributed by atoms with E-state index in [0.29, 0.717) is 12.1 Å². The lowest BCUT2D eigenvalue weighted by atomic mass is 9.93. The van der Waals surface area contributed by atoms with Crippen LogP contribution in [0, 0.1) is 12.8 Å². The highest BCUT2D eigenvalue weighted by Crippen LogP contribution is 2.22. The van der Waals surface area contributed by atoms with Gasteiger partial charge in [0.2, 0.25) is 0 Å². The van der Waals surface area contributed by atoms with Crippen LogP contribution in [0.25, 0.3) is 5.69 Å². The van der Waals surface area contributed by atoms with Crippen molar-refractivity contribution >= 4 is 5.91 Å². The molecule has 122 valence electrons. The van der Waals surface area contributed by atoms with Gasteiger partial charge in [0.15, 0.2) is 0 Å². The van der Waals surface area contributed by atoms with Crippen molar-refractivity contribution in [3.8, 4) is 5.69 Å². The van der Waals surface area contributed by atoms with Crippen molar-refractivity contribution in [2.45, 2.75) is 32.8 Å². The fourth-order valence-corrected chi connectivity index (χ4v) is 3.16. The first-order chi connectivity index (χ1) is 11.1. The molecule has 3 rings (SSSR count). The SMILES string of the molecule is Cc1ccccc1-n1cc(C(=O)N2CCCC(C(C)O)C2)cn1. The van der Waals surface area contributed by atoms with Crippen LogP contribution in [0.1, 0.15) is 35.7 Å². The van der Waals surface area contributed by atoms with Crippen LogP contribution in [0.5, 0.6) is 0 Å². The molecule has 1 fully saturated rings. The van der Waals surface area contributed by atoms with Crippen LogP contribution in [-0.2, 0) is 0 Å². The highest BCUT2D eigenvalue weighted by atomic mass is 16.3. The Morgan fingerprint density at radius 2 is 2.17 bits per heavy atom. The van der Waals surface area contributed by atoms with Gasteiger partial charge in [-0.25, -0.2) is 4.68 Å². The van der Waals surface area contributed by atoms with Crippen molar-refractivity contribution in [3.05, 3.63) is 47.8 Å². The first-order valence-electron chi connectivity index (χ1n) is 8.14. The third kappa shape index (κ3) is 3.29. The topological polar surface area (TPSA) is 58.4 Å². The highest BCUT2D eigenvalue weighted by molar-refractivity contribution is 5.93. The van der Waals surface area contributed by atoms with Crippen molar-refractivity contribution in [2.75, 3.05) is 13.1 Å². The Balaban J connectivity index is 1.78. The van der Waals surface area contributed by atoms with E-state index >= 15 is 0 Å². The summed E-state index contributed by atoms with van der Waals surface area (Å²) >= 11 is 0. The molecule has 2 atom stereocenters. The molecule has 5 nitrogen and oxygen atoms in total. The van der Waals surface area contributed by atoms with Crippen LogP contribution in [0.2, 0.25) is 0 Å². The summed E-state index contributed by atoms with van der Waals surface area (Å²) in [6.45, 7) is 5.19. The van der Waals surface area contributed by atoms with Crippen LogP contribution in [0.15, 0.2) is 36.7 Å². The average Bonchev–Trinajstić information content (AvgIpc) is 3.04. The van der Waals surface area contributed by atoms with Crippen LogP contribution in [-0.4, -0.2) is 44.9 Å². The van der Waals surface area contributed by atoms with Crippen LogP contribution in [0.3, 0.4) is 0 Å². The van der Waals surface area contributed by atoms with E-state index in [0.717, 1.165) is 30.6 Å². The summed E-state index contributed by atoms with van der Waals surface area (Å²) < 4.78 is 1.75. The number of likely N-dealkylation sites (tertiary alicyclic amines) is 1. The van der Waals surface area contributed by atoms with Crippen molar-refractivity contribution in [2.24, 2.45) is 5.92 Å². The molecule has 1 aromatic heterocycles. The van der Waals surface area contributed by atoms with Gasteiger partial charge in [-0.2, -0.15) is 5.10 Å². The predicted molar refractivity (Wildman–Crippen MR) is 88.6 cm³/mol. The third-order valence-electron chi connectivity index (χ3n) is 4.62. The molecule has 0 spiro atoms. The summed E-state index contributed by atoms with van der Waals surface area (Å²) in [5, 5.41) is 14.1. The number of carbonyl (C=O) groups is 1. The molecule has 1 N–H and O–H groups in total. The highest BCUT2D eigenvalue weighted by Gasteiger charge is 2.27. The van der Waals surface area contributed by atoms with Gasteiger partial charge in [0.05, 0.1) is 23.6 Å². The molecule has 1 saturated heterocycles. The summed E-state index contributed by atoms with van der Waals surface area (Å²) in [7, 11) is 0. The smallest absolute Gasteiger partial charge is 0.257 e. The first-order valence-corrected chi connectivity index (χ1v) is 8.14. The predicted octanol–water partition coefficient (Wildman–Crippen LogP) is 2.41. The maximum absolute atomic E-state index is 12.7. The lowest BCUT2D eigenvalue weighted by Gasteiger charge is -2.33. The molecule has 2 aromatic rings. The van der Waals surface area contributed by atoms with Gasteiger partial charge in [-0.3, -0.25) is 4.79 Å². The molecule has 1 aliphatic heterocycles. The molecule has 0 saturated carbocycles. The van der Waals surface area contributed by atoms with E-state index in [4.69, 9.17) is 0 Å². The Bertz CT molecular complexity index is 693. The van der Waals surface area contributed by atoms with E-state index in [9.17, 15) is 9.90 Å². The standard InChI is InChI=1S/C18H23N3O2/c1-13-6-3-4-8-17(13)21-12-16(10-19-21)18(23)20-9-5-7-15(11-20)14(2)22/h3-4,6,8,10,12,14-15,22H,5,7,9,11H2,1-2H3. The normalized spacial score (nSPS) is 19.6. The van der Waals surface area contributed by atoms with Crippen molar-refractivity contribution < 1.29 is 9.90 Å². The first kappa shape index (κ1) is 15.7. The van der Waals surface area contributed by atoms with Gasteiger partial charge in [-0.05, 0) is 38.3 Å². The van der Waals surface area contributed by atoms with Gasteiger partial charge < -0.3 is 10.0 Å². The van der Waals surface area contributed by atoms with E-state index in [1.54, 1.807) is 24.0 Å². The van der Waals surface area contributed by atoms with Gasteiger partial charge in [-0.1, -0.05) is 18.2 Å². The van der Waals surface area contributed by atoms with Gasteiger partial charge >= 0.3 is 0 Å². The van der Waals surface area contributed by atoms with Gasteiger partial charge in [0, 0.05) is 25.2 Å². The van der Waals surface area contributed by atoms with E-state index in [2.05, 4.69) is 5.10 Å². The van der Waals surface area contributed by atoms with Gasteiger partial charge in [0.25, 0.3) is 5.91 Å². The molecule has 1 amide bonds. The number of aromatic nitrogens is 2. The van der Waals surface area contributed by atoms with Crippen LogP contribution < -0.4 is 0 Å². The zero-order valence-corrected chi connectivity index (χ0v) is 13.6. The molecule has 1 aromatic carbocycles. The third-order valence-corrected chi connectivity index (χ3v) is 4.62. The van der Waals surface area contributed by atoms with Crippen molar-refractivity contribution in [1.82, 2.24) is 14.7 Å². The zero-order valence-electron chi connectivity index (χ0n) is 13.6. The minimum absolute atomic E-state index is 0.00446.